The maximum Gasteiger partial charge on any atom is 0.0575 e. The fraction of sp³-hybridized carbons (Fsp3) is 1.00. The highest BCUT2D eigenvalue weighted by Crippen LogP contribution is 2.34. The van der Waals surface area contributed by atoms with Crippen LogP contribution in [0.3, 0.4) is 0 Å². The third kappa shape index (κ3) is 7.89. The summed E-state index contributed by atoms with van der Waals surface area (Å²) >= 11 is 0. The third-order valence-electron chi connectivity index (χ3n) is 6.76. The number of unbranched alkanes of at least 4 members (excludes halogenated alkanes) is 4. The van der Waals surface area contributed by atoms with Crippen LogP contribution < -0.4 is 0 Å². The zero-order valence-electron chi connectivity index (χ0n) is 16.7. The molecule has 2 rings (SSSR count). The Labute approximate surface area is 152 Å². The monoisotopic (exact) mass is 336 g/mol. The molecule has 0 atom stereocenters. The summed E-state index contributed by atoms with van der Waals surface area (Å²) in [5, 5.41) is 0. The molecule has 1 heteroatoms. The lowest BCUT2D eigenvalue weighted by atomic mass is 9.80. The van der Waals surface area contributed by atoms with Gasteiger partial charge in [0.05, 0.1) is 6.10 Å². The molecule has 2 saturated carbocycles. The minimum absolute atomic E-state index is 0.592. The van der Waals surface area contributed by atoms with E-state index in [1.807, 2.05) is 0 Å². The topological polar surface area (TPSA) is 9.23 Å². The molecule has 1 nitrogen and oxygen atoms in total. The zero-order chi connectivity index (χ0) is 17.0. The van der Waals surface area contributed by atoms with Crippen molar-refractivity contribution in [2.24, 2.45) is 17.8 Å². The van der Waals surface area contributed by atoms with Gasteiger partial charge in [-0.3, -0.25) is 0 Å². The first-order valence-electron chi connectivity index (χ1n) is 11.4. The van der Waals surface area contributed by atoms with Crippen molar-refractivity contribution in [2.45, 2.75) is 123 Å². The van der Waals surface area contributed by atoms with Gasteiger partial charge in [-0.1, -0.05) is 78.1 Å². The van der Waals surface area contributed by atoms with Crippen LogP contribution in [0.4, 0.5) is 0 Å². The Morgan fingerprint density at radius 1 is 0.583 bits per heavy atom. The van der Waals surface area contributed by atoms with E-state index in [0.29, 0.717) is 6.10 Å². The molecule has 2 fully saturated rings. The van der Waals surface area contributed by atoms with Crippen LogP contribution in [0, 0.1) is 17.8 Å². The van der Waals surface area contributed by atoms with E-state index in [1.54, 1.807) is 0 Å². The quantitative estimate of drug-likeness (QED) is 0.354. The van der Waals surface area contributed by atoms with Crippen LogP contribution in [0.2, 0.25) is 0 Å². The van der Waals surface area contributed by atoms with Gasteiger partial charge in [-0.25, -0.2) is 0 Å². The molecule has 0 amide bonds. The summed E-state index contributed by atoms with van der Waals surface area (Å²) in [5.41, 5.74) is 0. The summed E-state index contributed by atoms with van der Waals surface area (Å²) < 4.78 is 6.33. The van der Waals surface area contributed by atoms with Gasteiger partial charge in [0.1, 0.15) is 0 Å². The molecule has 0 bridgehead atoms. The Morgan fingerprint density at radius 2 is 1.04 bits per heavy atom. The van der Waals surface area contributed by atoms with E-state index >= 15 is 0 Å². The molecule has 2 aliphatic carbocycles. The number of hydrogen-bond acceptors (Lipinski definition) is 1. The molecule has 0 N–H and O–H groups in total. The first kappa shape index (κ1) is 20.3. The molecule has 0 heterocycles. The zero-order valence-corrected chi connectivity index (χ0v) is 16.7. The van der Waals surface area contributed by atoms with E-state index in [0.717, 1.165) is 24.4 Å². The fourth-order valence-corrected chi connectivity index (χ4v) is 4.91. The van der Waals surface area contributed by atoms with E-state index in [1.165, 1.54) is 103 Å². The second kappa shape index (κ2) is 12.3. The van der Waals surface area contributed by atoms with Gasteiger partial charge in [-0.2, -0.15) is 0 Å². The average molecular weight is 337 g/mol. The molecule has 0 unspecified atom stereocenters. The number of rotatable bonds is 11. The van der Waals surface area contributed by atoms with Crippen molar-refractivity contribution in [2.75, 3.05) is 6.61 Å². The van der Waals surface area contributed by atoms with E-state index in [4.69, 9.17) is 4.74 Å². The van der Waals surface area contributed by atoms with Crippen molar-refractivity contribution in [3.05, 3.63) is 0 Å². The van der Waals surface area contributed by atoms with Crippen LogP contribution >= 0.6 is 0 Å². The second-order valence-corrected chi connectivity index (χ2v) is 8.85. The minimum Gasteiger partial charge on any atom is -0.378 e. The summed E-state index contributed by atoms with van der Waals surface area (Å²) in [6.07, 6.45) is 23.4. The Morgan fingerprint density at radius 3 is 1.54 bits per heavy atom. The highest BCUT2D eigenvalue weighted by molar-refractivity contribution is 4.76. The smallest absolute Gasteiger partial charge is 0.0575 e. The van der Waals surface area contributed by atoms with Crippen molar-refractivity contribution in [3.63, 3.8) is 0 Å². The van der Waals surface area contributed by atoms with Gasteiger partial charge < -0.3 is 4.74 Å². The van der Waals surface area contributed by atoms with Crippen LogP contribution in [0.25, 0.3) is 0 Å². The first-order chi connectivity index (χ1) is 11.8. The van der Waals surface area contributed by atoms with Gasteiger partial charge in [0, 0.05) is 6.61 Å². The highest BCUT2D eigenvalue weighted by atomic mass is 16.5. The first-order valence-corrected chi connectivity index (χ1v) is 11.4. The average Bonchev–Trinajstić information content (AvgIpc) is 2.63. The van der Waals surface area contributed by atoms with E-state index < -0.39 is 0 Å². The SMILES string of the molecule is CCCCC[C@H]1CC[C@H](CO[C@H]2CC[C@H](CCCCC)CC2)CC1. The number of ether oxygens (including phenoxy) is 1. The molecule has 0 aromatic carbocycles. The predicted octanol–water partition coefficient (Wildman–Crippen LogP) is 7.53. The Kier molecular flexibility index (Phi) is 10.4. The largest absolute Gasteiger partial charge is 0.378 e. The standard InChI is InChI=1S/C23H44O/c1-3-5-7-9-20-11-13-22(14-12-20)19-24-23-17-15-21(16-18-23)10-8-6-4-2/h20-23H,3-19H2,1-2H3/t20-,21-,22-,23-. The van der Waals surface area contributed by atoms with E-state index in [9.17, 15) is 0 Å². The van der Waals surface area contributed by atoms with Crippen molar-refractivity contribution in [3.8, 4) is 0 Å². The molecule has 142 valence electrons. The Bertz CT molecular complexity index is 254. The molecular formula is C23H44O. The lowest BCUT2D eigenvalue weighted by Gasteiger charge is -2.32. The molecule has 0 aromatic heterocycles. The third-order valence-corrected chi connectivity index (χ3v) is 6.76. The van der Waals surface area contributed by atoms with Crippen LogP contribution in [0.1, 0.15) is 117 Å². The summed E-state index contributed by atoms with van der Waals surface area (Å²) in [6.45, 7) is 5.68. The second-order valence-electron chi connectivity index (χ2n) is 8.85. The van der Waals surface area contributed by atoms with Gasteiger partial charge in [0.25, 0.3) is 0 Å². The molecule has 0 spiro atoms. The van der Waals surface area contributed by atoms with Gasteiger partial charge in [-0.15, -0.1) is 0 Å². The lowest BCUT2D eigenvalue weighted by Crippen LogP contribution is -2.26. The van der Waals surface area contributed by atoms with E-state index in [2.05, 4.69) is 13.8 Å². The van der Waals surface area contributed by atoms with Gasteiger partial charge >= 0.3 is 0 Å². The predicted molar refractivity (Wildman–Crippen MR) is 105 cm³/mol. The van der Waals surface area contributed by atoms with Crippen LogP contribution in [-0.2, 0) is 4.74 Å². The minimum atomic E-state index is 0.592. The van der Waals surface area contributed by atoms with Crippen molar-refractivity contribution < 1.29 is 4.74 Å². The molecular weight excluding hydrogens is 292 g/mol. The summed E-state index contributed by atoms with van der Waals surface area (Å²) in [7, 11) is 0. The molecule has 0 aromatic rings. The maximum atomic E-state index is 6.33. The maximum absolute atomic E-state index is 6.33. The van der Waals surface area contributed by atoms with Crippen LogP contribution in [0.15, 0.2) is 0 Å². The summed E-state index contributed by atoms with van der Waals surface area (Å²) in [4.78, 5) is 0. The van der Waals surface area contributed by atoms with Gasteiger partial charge in [0.15, 0.2) is 0 Å². The Balaban J connectivity index is 1.49. The van der Waals surface area contributed by atoms with Crippen LogP contribution in [0.5, 0.6) is 0 Å². The Hall–Kier alpha value is -0.0400. The van der Waals surface area contributed by atoms with Crippen molar-refractivity contribution in [1.82, 2.24) is 0 Å². The molecule has 24 heavy (non-hydrogen) atoms. The van der Waals surface area contributed by atoms with Crippen molar-refractivity contribution >= 4 is 0 Å². The lowest BCUT2D eigenvalue weighted by molar-refractivity contribution is -0.0104. The molecule has 0 saturated heterocycles. The molecule has 0 radical (unpaired) electrons. The fourth-order valence-electron chi connectivity index (χ4n) is 4.91. The summed E-state index contributed by atoms with van der Waals surface area (Å²) in [6, 6.07) is 0. The number of hydrogen-bond donors (Lipinski definition) is 0. The molecule has 0 aliphatic heterocycles. The van der Waals surface area contributed by atoms with Gasteiger partial charge in [0.2, 0.25) is 0 Å². The van der Waals surface area contributed by atoms with Crippen LogP contribution in [-0.4, -0.2) is 12.7 Å². The molecule has 2 aliphatic rings. The summed E-state index contributed by atoms with van der Waals surface area (Å²) in [5.74, 6) is 2.91. The van der Waals surface area contributed by atoms with E-state index in [-0.39, 0.29) is 0 Å². The van der Waals surface area contributed by atoms with Crippen molar-refractivity contribution in [1.29, 1.82) is 0 Å². The highest BCUT2D eigenvalue weighted by Gasteiger charge is 2.24. The van der Waals surface area contributed by atoms with Gasteiger partial charge in [-0.05, 0) is 56.3 Å². The normalized spacial score (nSPS) is 31.2.